The topological polar surface area (TPSA) is 120 Å². The van der Waals surface area contributed by atoms with Gasteiger partial charge in [0.15, 0.2) is 0 Å². The lowest BCUT2D eigenvalue weighted by Gasteiger charge is -2.11. The minimum absolute atomic E-state index is 0.0734. The smallest absolute Gasteiger partial charge is 0.273 e. The zero-order valence-corrected chi connectivity index (χ0v) is 11.5. The molecule has 8 nitrogen and oxygen atoms in total. The van der Waals surface area contributed by atoms with Crippen LogP contribution in [0.4, 0.5) is 0 Å². The second kappa shape index (κ2) is 7.32. The Morgan fingerprint density at radius 3 is 3.05 bits per heavy atom. The summed E-state index contributed by atoms with van der Waals surface area (Å²) in [6.45, 7) is 0. The third-order valence-corrected chi connectivity index (χ3v) is 3.15. The zero-order valence-electron chi connectivity index (χ0n) is 11.5. The molecule has 1 amide bonds. The summed E-state index contributed by atoms with van der Waals surface area (Å²) in [5.74, 6) is 0.0593. The van der Waals surface area contributed by atoms with Gasteiger partial charge in [0.05, 0.1) is 0 Å². The average molecular weight is 291 g/mol. The van der Waals surface area contributed by atoms with Crippen LogP contribution in [-0.2, 0) is 11.2 Å². The molecule has 1 aliphatic rings. The van der Waals surface area contributed by atoms with Crippen molar-refractivity contribution >= 4 is 12.1 Å². The lowest BCUT2D eigenvalue weighted by Crippen LogP contribution is -2.28. The number of allylic oxidation sites excluding steroid dienone is 2. The quantitative estimate of drug-likeness (QED) is 0.397. The highest BCUT2D eigenvalue weighted by molar-refractivity contribution is 5.77. The maximum Gasteiger partial charge on any atom is 0.342 e. The van der Waals surface area contributed by atoms with Gasteiger partial charge in [0, 0.05) is 19.1 Å². The Kier molecular flexibility index (Phi) is 5.19. The van der Waals surface area contributed by atoms with Crippen molar-refractivity contribution < 1.29 is 4.79 Å². The summed E-state index contributed by atoms with van der Waals surface area (Å²) in [5.41, 5.74) is 1.30. The molecule has 0 unspecified atom stereocenters. The Labute approximate surface area is 120 Å². The molecule has 1 atom stereocenters. The van der Waals surface area contributed by atoms with Crippen molar-refractivity contribution in [3.63, 3.8) is 0 Å². The Morgan fingerprint density at radius 1 is 1.48 bits per heavy atom. The van der Waals surface area contributed by atoms with Gasteiger partial charge in [0.1, 0.15) is 5.69 Å². The van der Waals surface area contributed by atoms with Crippen LogP contribution >= 0.6 is 0 Å². The van der Waals surface area contributed by atoms with Crippen molar-refractivity contribution in [2.75, 3.05) is 0 Å². The van der Waals surface area contributed by atoms with Crippen LogP contribution in [0.5, 0.6) is 0 Å². The SMILES string of the molecule is O=C(CCc1n[nH]c(=O)[nH]c1=O)N/N=C\[C@H]1CC=CCC1. The minimum Gasteiger partial charge on any atom is -0.273 e. The molecule has 1 heterocycles. The Balaban J connectivity index is 1.77. The first-order valence-corrected chi connectivity index (χ1v) is 6.80. The second-order valence-corrected chi connectivity index (χ2v) is 4.81. The van der Waals surface area contributed by atoms with Gasteiger partial charge in [-0.05, 0) is 25.2 Å². The zero-order chi connectivity index (χ0) is 15.1. The first-order valence-electron chi connectivity index (χ1n) is 6.80. The number of carbonyl (C=O) groups is 1. The molecular weight excluding hydrogens is 274 g/mol. The number of amides is 1. The number of H-pyrrole nitrogens is 2. The highest BCUT2D eigenvalue weighted by Crippen LogP contribution is 2.15. The van der Waals surface area contributed by atoms with Gasteiger partial charge in [0.25, 0.3) is 5.56 Å². The standard InChI is InChI=1S/C13H17N5O3/c19-11(17-14-8-9-4-2-1-3-5-9)7-6-10-12(20)15-13(21)18-16-10/h1-2,8-9H,3-7H2,(H,17,19)(H2,15,18,20,21)/b14-8-/t9-/m0/s1. The van der Waals surface area contributed by atoms with E-state index in [1.54, 1.807) is 6.21 Å². The number of carbonyl (C=O) groups excluding carboxylic acids is 1. The largest absolute Gasteiger partial charge is 0.342 e. The molecule has 1 aromatic rings. The van der Waals surface area contributed by atoms with Gasteiger partial charge in [0.2, 0.25) is 5.91 Å². The number of nitrogens with zero attached hydrogens (tertiary/aromatic N) is 2. The number of hydrogen-bond acceptors (Lipinski definition) is 5. The fourth-order valence-corrected chi connectivity index (χ4v) is 2.00. The molecule has 2 rings (SSSR count). The number of rotatable bonds is 5. The molecule has 0 saturated carbocycles. The summed E-state index contributed by atoms with van der Waals surface area (Å²) in [7, 11) is 0. The van der Waals surface area contributed by atoms with Crippen LogP contribution in [0.25, 0.3) is 0 Å². The molecule has 0 fully saturated rings. The van der Waals surface area contributed by atoms with Crippen LogP contribution in [0.2, 0.25) is 0 Å². The van der Waals surface area contributed by atoms with Crippen LogP contribution in [0.1, 0.15) is 31.4 Å². The third-order valence-electron chi connectivity index (χ3n) is 3.15. The number of hydrazone groups is 1. The molecule has 0 radical (unpaired) electrons. The van der Waals surface area contributed by atoms with Gasteiger partial charge >= 0.3 is 5.69 Å². The first kappa shape index (κ1) is 14.9. The molecule has 1 aliphatic carbocycles. The molecule has 0 bridgehead atoms. The number of aromatic amines is 2. The average Bonchev–Trinajstić information content (AvgIpc) is 2.47. The number of aromatic nitrogens is 3. The van der Waals surface area contributed by atoms with Crippen molar-refractivity contribution in [1.29, 1.82) is 0 Å². The molecule has 8 heteroatoms. The maximum absolute atomic E-state index is 11.6. The molecule has 3 N–H and O–H groups in total. The van der Waals surface area contributed by atoms with Crippen molar-refractivity contribution in [2.24, 2.45) is 11.0 Å². The van der Waals surface area contributed by atoms with E-state index in [4.69, 9.17) is 0 Å². The van der Waals surface area contributed by atoms with E-state index < -0.39 is 11.2 Å². The molecule has 0 aliphatic heterocycles. The summed E-state index contributed by atoms with van der Waals surface area (Å²) in [6, 6.07) is 0. The van der Waals surface area contributed by atoms with Gasteiger partial charge in [-0.15, -0.1) is 0 Å². The van der Waals surface area contributed by atoms with Crippen LogP contribution in [0.15, 0.2) is 26.8 Å². The number of hydrogen-bond donors (Lipinski definition) is 3. The molecule has 112 valence electrons. The second-order valence-electron chi connectivity index (χ2n) is 4.81. The lowest BCUT2D eigenvalue weighted by molar-refractivity contribution is -0.121. The first-order chi connectivity index (χ1) is 10.1. The predicted octanol–water partition coefficient (Wildman–Crippen LogP) is -0.151. The van der Waals surface area contributed by atoms with E-state index in [1.807, 2.05) is 0 Å². The summed E-state index contributed by atoms with van der Waals surface area (Å²) < 4.78 is 0. The van der Waals surface area contributed by atoms with Crippen LogP contribution in [0.3, 0.4) is 0 Å². The molecule has 0 aromatic carbocycles. The third kappa shape index (κ3) is 4.83. The highest BCUT2D eigenvalue weighted by Gasteiger charge is 2.08. The lowest BCUT2D eigenvalue weighted by atomic mass is 9.96. The van der Waals surface area contributed by atoms with Crippen LogP contribution in [0, 0.1) is 5.92 Å². The van der Waals surface area contributed by atoms with E-state index in [9.17, 15) is 14.4 Å². The van der Waals surface area contributed by atoms with E-state index in [2.05, 4.69) is 37.9 Å². The summed E-state index contributed by atoms with van der Waals surface area (Å²) >= 11 is 0. The number of nitrogens with one attached hydrogen (secondary N) is 3. The summed E-state index contributed by atoms with van der Waals surface area (Å²) in [5, 5.41) is 9.64. The van der Waals surface area contributed by atoms with E-state index in [0.717, 1.165) is 19.3 Å². The summed E-state index contributed by atoms with van der Waals surface area (Å²) in [4.78, 5) is 35.8. The minimum atomic E-state index is -0.667. The Bertz CT molecular complexity index is 658. The highest BCUT2D eigenvalue weighted by atomic mass is 16.2. The molecular formula is C13H17N5O3. The molecule has 1 aromatic heterocycles. The molecule has 0 spiro atoms. The predicted molar refractivity (Wildman–Crippen MR) is 76.9 cm³/mol. The monoisotopic (exact) mass is 291 g/mol. The fraction of sp³-hybridized carbons (Fsp3) is 0.462. The molecule has 0 saturated heterocycles. The van der Waals surface area contributed by atoms with Crippen molar-refractivity contribution in [2.45, 2.75) is 32.1 Å². The van der Waals surface area contributed by atoms with Crippen LogP contribution < -0.4 is 16.7 Å². The van der Waals surface area contributed by atoms with E-state index >= 15 is 0 Å². The van der Waals surface area contributed by atoms with Crippen molar-refractivity contribution in [3.8, 4) is 0 Å². The van der Waals surface area contributed by atoms with Gasteiger partial charge in [-0.25, -0.2) is 15.3 Å². The van der Waals surface area contributed by atoms with E-state index in [-0.39, 0.29) is 24.4 Å². The normalized spacial score (nSPS) is 18.0. The van der Waals surface area contributed by atoms with Crippen molar-refractivity contribution in [3.05, 3.63) is 38.7 Å². The van der Waals surface area contributed by atoms with Gasteiger partial charge in [-0.2, -0.15) is 10.2 Å². The van der Waals surface area contributed by atoms with Gasteiger partial charge < -0.3 is 0 Å². The van der Waals surface area contributed by atoms with Gasteiger partial charge in [-0.3, -0.25) is 14.6 Å². The molecule has 21 heavy (non-hydrogen) atoms. The maximum atomic E-state index is 11.6. The van der Waals surface area contributed by atoms with Gasteiger partial charge in [-0.1, -0.05) is 12.2 Å². The van der Waals surface area contributed by atoms with E-state index in [0.29, 0.717) is 5.92 Å². The summed E-state index contributed by atoms with van der Waals surface area (Å²) in [6.07, 6.45) is 9.21. The van der Waals surface area contributed by atoms with Crippen LogP contribution in [-0.4, -0.2) is 27.3 Å². The Hall–Kier alpha value is -2.51. The Morgan fingerprint density at radius 2 is 2.33 bits per heavy atom. The number of aryl methyl sites for hydroxylation is 1. The van der Waals surface area contributed by atoms with Crippen molar-refractivity contribution in [1.82, 2.24) is 20.6 Å². The fourth-order valence-electron chi connectivity index (χ4n) is 2.00. The van der Waals surface area contributed by atoms with E-state index in [1.165, 1.54) is 0 Å².